The van der Waals surface area contributed by atoms with E-state index in [9.17, 15) is 18.0 Å². The molecule has 1 rings (SSSR count). The van der Waals surface area contributed by atoms with Crippen LogP contribution in [0.1, 0.15) is 23.2 Å². The molecule has 0 spiro atoms. The van der Waals surface area contributed by atoms with Crippen molar-refractivity contribution < 1.29 is 27.8 Å². The third-order valence-corrected chi connectivity index (χ3v) is 2.20. The van der Waals surface area contributed by atoms with Crippen LogP contribution in [0.4, 0.5) is 13.2 Å². The highest BCUT2D eigenvalue weighted by Gasteiger charge is 2.31. The molecule has 0 saturated heterocycles. The second-order valence-corrected chi connectivity index (χ2v) is 3.76. The monoisotopic (exact) mass is 277 g/mol. The van der Waals surface area contributed by atoms with E-state index in [0.29, 0.717) is 19.4 Å². The Balaban J connectivity index is 2.58. The molecular formula is C12H14F3NO3. The minimum absolute atomic E-state index is 0.0325. The summed E-state index contributed by atoms with van der Waals surface area (Å²) in [6, 6.07) is 4.85. The Morgan fingerprint density at radius 1 is 1.32 bits per heavy atom. The molecule has 19 heavy (non-hydrogen) atoms. The molecule has 0 unspecified atom stereocenters. The number of halogens is 3. The predicted octanol–water partition coefficient (Wildman–Crippen LogP) is 2.09. The molecule has 0 aromatic heterocycles. The number of aliphatic hydroxyl groups excluding tert-OH is 1. The number of carbonyl (C=O) groups is 1. The zero-order valence-corrected chi connectivity index (χ0v) is 10.0. The molecule has 0 aliphatic carbocycles. The van der Waals surface area contributed by atoms with Crippen LogP contribution in [0.5, 0.6) is 5.75 Å². The number of carbonyl (C=O) groups excluding carboxylic acids is 1. The molecule has 7 heteroatoms. The molecule has 0 aliphatic rings. The highest BCUT2D eigenvalue weighted by molar-refractivity contribution is 5.94. The number of amides is 1. The number of hydrogen-bond donors (Lipinski definition) is 2. The van der Waals surface area contributed by atoms with Crippen molar-refractivity contribution in [1.29, 1.82) is 0 Å². The number of nitrogens with one attached hydrogen (secondary N) is 1. The van der Waals surface area contributed by atoms with Crippen LogP contribution in [-0.4, -0.2) is 30.5 Å². The number of rotatable bonds is 6. The average Bonchev–Trinajstić information content (AvgIpc) is 2.32. The SMILES string of the molecule is O=C(NCCCCO)c1cccc(OC(F)(F)F)c1. The van der Waals surface area contributed by atoms with E-state index in [1.54, 1.807) is 0 Å². The lowest BCUT2D eigenvalue weighted by Crippen LogP contribution is -2.25. The van der Waals surface area contributed by atoms with Gasteiger partial charge in [0.25, 0.3) is 5.91 Å². The molecule has 0 aliphatic heterocycles. The van der Waals surface area contributed by atoms with E-state index >= 15 is 0 Å². The van der Waals surface area contributed by atoms with Crippen LogP contribution >= 0.6 is 0 Å². The highest BCUT2D eigenvalue weighted by atomic mass is 19.4. The van der Waals surface area contributed by atoms with Crippen LogP contribution in [-0.2, 0) is 0 Å². The van der Waals surface area contributed by atoms with Gasteiger partial charge in [-0.15, -0.1) is 13.2 Å². The van der Waals surface area contributed by atoms with Gasteiger partial charge >= 0.3 is 6.36 Å². The maximum absolute atomic E-state index is 12.0. The summed E-state index contributed by atoms with van der Waals surface area (Å²) in [6.07, 6.45) is -3.63. The molecule has 0 atom stereocenters. The van der Waals surface area contributed by atoms with E-state index in [2.05, 4.69) is 10.1 Å². The van der Waals surface area contributed by atoms with Crippen LogP contribution in [0.3, 0.4) is 0 Å². The Kier molecular flexibility index (Phi) is 5.62. The standard InChI is InChI=1S/C12H14F3NO3/c13-12(14,15)19-10-5-3-4-9(8-10)11(18)16-6-1-2-7-17/h3-5,8,17H,1-2,6-7H2,(H,16,18). The third kappa shape index (κ3) is 6.10. The van der Waals surface area contributed by atoms with E-state index in [1.165, 1.54) is 12.1 Å². The van der Waals surface area contributed by atoms with Crippen molar-refractivity contribution in [3.63, 3.8) is 0 Å². The minimum atomic E-state index is -4.78. The molecule has 0 radical (unpaired) electrons. The fraction of sp³-hybridized carbons (Fsp3) is 0.417. The van der Waals surface area contributed by atoms with Crippen LogP contribution in [0.25, 0.3) is 0 Å². The smallest absolute Gasteiger partial charge is 0.406 e. The Labute approximate surface area is 108 Å². The number of aliphatic hydroxyl groups is 1. The van der Waals surface area contributed by atoms with Crippen molar-refractivity contribution >= 4 is 5.91 Å². The predicted molar refractivity (Wildman–Crippen MR) is 61.8 cm³/mol. The summed E-state index contributed by atoms with van der Waals surface area (Å²) in [7, 11) is 0. The van der Waals surface area contributed by atoms with E-state index in [1.807, 2.05) is 0 Å². The normalized spacial score (nSPS) is 11.2. The Bertz CT molecular complexity index is 421. The van der Waals surface area contributed by atoms with Crippen LogP contribution in [0, 0.1) is 0 Å². The van der Waals surface area contributed by atoms with Crippen molar-refractivity contribution in [3.8, 4) is 5.75 Å². The van der Waals surface area contributed by atoms with Gasteiger partial charge in [-0.05, 0) is 31.0 Å². The highest BCUT2D eigenvalue weighted by Crippen LogP contribution is 2.23. The van der Waals surface area contributed by atoms with Crippen molar-refractivity contribution in [2.24, 2.45) is 0 Å². The first-order chi connectivity index (χ1) is 8.92. The van der Waals surface area contributed by atoms with Gasteiger partial charge in [0.05, 0.1) is 0 Å². The van der Waals surface area contributed by atoms with Gasteiger partial charge in [0.1, 0.15) is 5.75 Å². The molecule has 0 bridgehead atoms. The molecular weight excluding hydrogens is 263 g/mol. The van der Waals surface area contributed by atoms with Crippen molar-refractivity contribution in [3.05, 3.63) is 29.8 Å². The minimum Gasteiger partial charge on any atom is -0.406 e. The number of ether oxygens (including phenoxy) is 1. The summed E-state index contributed by atoms with van der Waals surface area (Å²) in [4.78, 5) is 11.6. The fourth-order valence-electron chi connectivity index (χ4n) is 1.38. The maximum Gasteiger partial charge on any atom is 0.573 e. The van der Waals surface area contributed by atoms with Gasteiger partial charge in [0, 0.05) is 18.7 Å². The zero-order valence-electron chi connectivity index (χ0n) is 10.0. The molecule has 0 saturated carbocycles. The lowest BCUT2D eigenvalue weighted by molar-refractivity contribution is -0.274. The van der Waals surface area contributed by atoms with Crippen LogP contribution < -0.4 is 10.1 Å². The van der Waals surface area contributed by atoms with Crippen LogP contribution in [0.2, 0.25) is 0 Å². The fourth-order valence-corrected chi connectivity index (χ4v) is 1.38. The summed E-state index contributed by atoms with van der Waals surface area (Å²) < 4.78 is 39.8. The number of hydrogen-bond acceptors (Lipinski definition) is 3. The van der Waals surface area contributed by atoms with E-state index in [-0.39, 0.29) is 12.2 Å². The van der Waals surface area contributed by atoms with Gasteiger partial charge in [-0.25, -0.2) is 0 Å². The Morgan fingerprint density at radius 3 is 2.68 bits per heavy atom. The van der Waals surface area contributed by atoms with Crippen molar-refractivity contribution in [2.45, 2.75) is 19.2 Å². The lowest BCUT2D eigenvalue weighted by atomic mass is 10.2. The summed E-state index contributed by atoms with van der Waals surface area (Å²) in [6.45, 7) is 0.383. The van der Waals surface area contributed by atoms with Gasteiger partial charge in [-0.3, -0.25) is 4.79 Å². The number of unbranched alkanes of at least 4 members (excludes halogenated alkanes) is 1. The topological polar surface area (TPSA) is 58.6 Å². The van der Waals surface area contributed by atoms with Gasteiger partial charge in [0.2, 0.25) is 0 Å². The zero-order chi connectivity index (χ0) is 14.3. The van der Waals surface area contributed by atoms with Gasteiger partial charge in [-0.1, -0.05) is 6.07 Å². The van der Waals surface area contributed by atoms with Gasteiger partial charge in [0.15, 0.2) is 0 Å². The Morgan fingerprint density at radius 2 is 2.05 bits per heavy atom. The van der Waals surface area contributed by atoms with Gasteiger partial charge < -0.3 is 15.2 Å². The largest absolute Gasteiger partial charge is 0.573 e. The van der Waals surface area contributed by atoms with E-state index in [0.717, 1.165) is 12.1 Å². The number of alkyl halides is 3. The molecule has 106 valence electrons. The van der Waals surface area contributed by atoms with Crippen LogP contribution in [0.15, 0.2) is 24.3 Å². The molecule has 1 aromatic rings. The van der Waals surface area contributed by atoms with E-state index < -0.39 is 18.0 Å². The molecule has 0 fully saturated rings. The first-order valence-electron chi connectivity index (χ1n) is 5.67. The molecule has 2 N–H and O–H groups in total. The second-order valence-electron chi connectivity index (χ2n) is 3.76. The summed E-state index contributed by atoms with van der Waals surface area (Å²) in [5.41, 5.74) is 0.0887. The van der Waals surface area contributed by atoms with E-state index in [4.69, 9.17) is 5.11 Å². The second kappa shape index (κ2) is 6.98. The third-order valence-electron chi connectivity index (χ3n) is 2.20. The average molecular weight is 277 g/mol. The van der Waals surface area contributed by atoms with Gasteiger partial charge in [-0.2, -0.15) is 0 Å². The number of benzene rings is 1. The van der Waals surface area contributed by atoms with Crippen molar-refractivity contribution in [2.75, 3.05) is 13.2 Å². The first-order valence-corrected chi connectivity index (χ1v) is 5.67. The molecule has 1 aromatic carbocycles. The summed E-state index contributed by atoms with van der Waals surface area (Å²) >= 11 is 0. The lowest BCUT2D eigenvalue weighted by Gasteiger charge is -2.10. The summed E-state index contributed by atoms with van der Waals surface area (Å²) in [5, 5.41) is 11.1. The maximum atomic E-state index is 12.0. The Hall–Kier alpha value is -1.76. The molecule has 0 heterocycles. The first kappa shape index (κ1) is 15.3. The quantitative estimate of drug-likeness (QED) is 0.783. The molecule has 1 amide bonds. The summed E-state index contributed by atoms with van der Waals surface area (Å²) in [5.74, 6) is -0.916. The molecule has 4 nitrogen and oxygen atoms in total. The van der Waals surface area contributed by atoms with Crippen molar-refractivity contribution in [1.82, 2.24) is 5.32 Å².